The molecule has 0 spiro atoms. The minimum atomic E-state index is -0.198. The van der Waals surface area contributed by atoms with Crippen LogP contribution in [0.25, 0.3) is 0 Å². The number of carbonyl (C=O) groups is 1. The average molecular weight is 345 g/mol. The summed E-state index contributed by atoms with van der Waals surface area (Å²) in [5.74, 6) is 0.965. The summed E-state index contributed by atoms with van der Waals surface area (Å²) in [6, 6.07) is 3.97. The Morgan fingerprint density at radius 1 is 1.33 bits per heavy atom. The molecule has 128 valence electrons. The summed E-state index contributed by atoms with van der Waals surface area (Å²) in [6.45, 7) is 4.27. The normalized spacial score (nSPS) is 15.0. The first-order valence-electron chi connectivity index (χ1n) is 8.47. The number of carbonyl (C=O) groups excluding carboxylic acids is 1. The van der Waals surface area contributed by atoms with Crippen molar-refractivity contribution in [2.24, 2.45) is 5.92 Å². The lowest BCUT2D eigenvalue weighted by atomic mass is 10.1. The fourth-order valence-electron chi connectivity index (χ4n) is 2.87. The lowest BCUT2D eigenvalue weighted by Gasteiger charge is -2.15. The molecule has 0 aromatic carbocycles. The molecule has 3 rings (SSSR count). The Hall–Kier alpha value is -2.02. The Morgan fingerprint density at radius 3 is 2.88 bits per heavy atom. The smallest absolute Gasteiger partial charge is 0.261 e. The fraction of sp³-hybridized carbons (Fsp3) is 0.529. The Bertz CT molecular complexity index is 694. The van der Waals surface area contributed by atoms with Crippen LogP contribution in [0.15, 0.2) is 18.3 Å². The van der Waals surface area contributed by atoms with Crippen LogP contribution in [-0.4, -0.2) is 27.1 Å². The highest BCUT2D eigenvalue weighted by Crippen LogP contribution is 2.24. The molecule has 1 aliphatic rings. The van der Waals surface area contributed by atoms with Crippen LogP contribution in [0.3, 0.4) is 0 Å². The van der Waals surface area contributed by atoms with Crippen molar-refractivity contribution < 1.29 is 4.79 Å². The molecule has 0 unspecified atom stereocenters. The molecule has 0 bridgehead atoms. The lowest BCUT2D eigenvalue weighted by Crippen LogP contribution is -2.20. The molecular formula is C17H23N5OS. The van der Waals surface area contributed by atoms with Crippen LogP contribution in [0.5, 0.6) is 0 Å². The molecule has 6 nitrogen and oxygen atoms in total. The molecule has 2 heterocycles. The van der Waals surface area contributed by atoms with E-state index in [-0.39, 0.29) is 5.91 Å². The molecule has 0 atom stereocenters. The van der Waals surface area contributed by atoms with Gasteiger partial charge in [-0.25, -0.2) is 4.98 Å². The van der Waals surface area contributed by atoms with Crippen LogP contribution in [0, 0.1) is 5.92 Å². The maximum absolute atomic E-state index is 12.6. The van der Waals surface area contributed by atoms with Crippen molar-refractivity contribution in [2.45, 2.75) is 52.0 Å². The molecule has 0 aliphatic heterocycles. The molecule has 1 fully saturated rings. The van der Waals surface area contributed by atoms with E-state index < -0.39 is 0 Å². The first-order valence-corrected chi connectivity index (χ1v) is 9.28. The summed E-state index contributed by atoms with van der Waals surface area (Å²) in [6.07, 6.45) is 7.30. The SMILES string of the molecule is CC(C)Cc1nnc(NC(=O)c2cccnc2NC2CCCC2)s1. The zero-order chi connectivity index (χ0) is 16.9. The molecule has 7 heteroatoms. The van der Waals surface area contributed by atoms with Crippen molar-refractivity contribution in [3.8, 4) is 0 Å². The Morgan fingerprint density at radius 2 is 2.12 bits per heavy atom. The zero-order valence-electron chi connectivity index (χ0n) is 14.1. The maximum Gasteiger partial charge on any atom is 0.261 e. The van der Waals surface area contributed by atoms with Crippen LogP contribution < -0.4 is 10.6 Å². The van der Waals surface area contributed by atoms with Gasteiger partial charge in [-0.05, 0) is 30.9 Å². The number of amides is 1. The van der Waals surface area contributed by atoms with Gasteiger partial charge in [-0.3, -0.25) is 10.1 Å². The quantitative estimate of drug-likeness (QED) is 0.834. The van der Waals surface area contributed by atoms with Crippen LogP contribution in [0.1, 0.15) is 54.9 Å². The Kier molecular flexibility index (Phi) is 5.40. The van der Waals surface area contributed by atoms with E-state index in [1.54, 1.807) is 18.3 Å². The van der Waals surface area contributed by atoms with Crippen molar-refractivity contribution in [1.29, 1.82) is 0 Å². The molecule has 1 amide bonds. The maximum atomic E-state index is 12.6. The predicted molar refractivity (Wildman–Crippen MR) is 96.5 cm³/mol. The third kappa shape index (κ3) is 4.29. The highest BCUT2D eigenvalue weighted by Gasteiger charge is 2.19. The number of pyridine rings is 1. The van der Waals surface area contributed by atoms with E-state index in [2.05, 4.69) is 39.7 Å². The summed E-state index contributed by atoms with van der Waals surface area (Å²) < 4.78 is 0. The highest BCUT2D eigenvalue weighted by atomic mass is 32.1. The summed E-state index contributed by atoms with van der Waals surface area (Å²) in [7, 11) is 0. The summed E-state index contributed by atoms with van der Waals surface area (Å²) in [5.41, 5.74) is 0.546. The van der Waals surface area contributed by atoms with Gasteiger partial charge in [0.05, 0.1) is 5.56 Å². The number of rotatable bonds is 6. The molecule has 2 N–H and O–H groups in total. The monoisotopic (exact) mass is 345 g/mol. The van der Waals surface area contributed by atoms with Gasteiger partial charge in [0.15, 0.2) is 0 Å². The summed E-state index contributed by atoms with van der Waals surface area (Å²) >= 11 is 1.43. The third-order valence-corrected chi connectivity index (χ3v) is 4.88. The first-order chi connectivity index (χ1) is 11.6. The Labute approximate surface area is 146 Å². The molecule has 2 aromatic rings. The minimum absolute atomic E-state index is 0.198. The molecular weight excluding hydrogens is 322 g/mol. The van der Waals surface area contributed by atoms with Crippen molar-refractivity contribution in [3.63, 3.8) is 0 Å². The number of anilines is 2. The fourth-order valence-corrected chi connectivity index (χ4v) is 3.81. The molecule has 1 saturated carbocycles. The summed E-state index contributed by atoms with van der Waals surface area (Å²) in [4.78, 5) is 16.9. The van der Waals surface area contributed by atoms with Gasteiger partial charge >= 0.3 is 0 Å². The topological polar surface area (TPSA) is 79.8 Å². The molecule has 0 saturated heterocycles. The van der Waals surface area contributed by atoms with Gasteiger partial charge in [0.1, 0.15) is 10.8 Å². The largest absolute Gasteiger partial charge is 0.367 e. The standard InChI is InChI=1S/C17H23N5OS/c1-11(2)10-14-21-22-17(24-14)20-16(23)13-8-5-9-18-15(13)19-12-6-3-4-7-12/h5,8-9,11-12H,3-4,6-7,10H2,1-2H3,(H,18,19)(H,20,22,23). The number of hydrogen-bond acceptors (Lipinski definition) is 6. The second-order valence-electron chi connectivity index (χ2n) is 6.58. The molecule has 2 aromatic heterocycles. The van der Waals surface area contributed by atoms with Crippen molar-refractivity contribution >= 4 is 28.2 Å². The van der Waals surface area contributed by atoms with E-state index in [0.717, 1.165) is 24.3 Å². The predicted octanol–water partition coefficient (Wildman–Crippen LogP) is 3.74. The van der Waals surface area contributed by atoms with Crippen molar-refractivity contribution in [1.82, 2.24) is 15.2 Å². The number of nitrogens with one attached hydrogen (secondary N) is 2. The van der Waals surface area contributed by atoms with E-state index in [1.165, 1.54) is 24.2 Å². The van der Waals surface area contributed by atoms with E-state index in [1.807, 2.05) is 0 Å². The van der Waals surface area contributed by atoms with E-state index >= 15 is 0 Å². The van der Waals surface area contributed by atoms with Gasteiger partial charge in [-0.2, -0.15) is 0 Å². The number of nitrogens with zero attached hydrogens (tertiary/aromatic N) is 3. The van der Waals surface area contributed by atoms with Gasteiger partial charge in [0.25, 0.3) is 5.91 Å². The second-order valence-corrected chi connectivity index (χ2v) is 7.64. The zero-order valence-corrected chi connectivity index (χ0v) is 14.9. The highest BCUT2D eigenvalue weighted by molar-refractivity contribution is 7.15. The van der Waals surface area contributed by atoms with Gasteiger partial charge in [0, 0.05) is 18.7 Å². The molecule has 0 radical (unpaired) electrons. The van der Waals surface area contributed by atoms with Crippen LogP contribution >= 0.6 is 11.3 Å². The lowest BCUT2D eigenvalue weighted by molar-refractivity contribution is 0.102. The Balaban J connectivity index is 1.69. The van der Waals surface area contributed by atoms with Gasteiger partial charge < -0.3 is 5.32 Å². The van der Waals surface area contributed by atoms with Gasteiger partial charge in [0.2, 0.25) is 5.13 Å². The number of hydrogen-bond donors (Lipinski definition) is 2. The number of aromatic nitrogens is 3. The summed E-state index contributed by atoms with van der Waals surface area (Å²) in [5, 5.41) is 15.9. The first kappa shape index (κ1) is 16.8. The van der Waals surface area contributed by atoms with E-state index in [4.69, 9.17) is 0 Å². The van der Waals surface area contributed by atoms with Crippen LogP contribution in [-0.2, 0) is 6.42 Å². The second kappa shape index (κ2) is 7.70. The van der Waals surface area contributed by atoms with Crippen LogP contribution in [0.2, 0.25) is 0 Å². The van der Waals surface area contributed by atoms with E-state index in [0.29, 0.717) is 28.5 Å². The molecule has 24 heavy (non-hydrogen) atoms. The van der Waals surface area contributed by atoms with Crippen molar-refractivity contribution in [3.05, 3.63) is 28.9 Å². The van der Waals surface area contributed by atoms with E-state index in [9.17, 15) is 4.79 Å². The van der Waals surface area contributed by atoms with Crippen molar-refractivity contribution in [2.75, 3.05) is 10.6 Å². The minimum Gasteiger partial charge on any atom is -0.367 e. The van der Waals surface area contributed by atoms with Crippen LogP contribution in [0.4, 0.5) is 10.9 Å². The molecule has 1 aliphatic carbocycles. The van der Waals surface area contributed by atoms with Gasteiger partial charge in [-0.15, -0.1) is 10.2 Å². The average Bonchev–Trinajstić information content (AvgIpc) is 3.19. The third-order valence-electron chi connectivity index (χ3n) is 4.02. The van der Waals surface area contributed by atoms with Gasteiger partial charge in [-0.1, -0.05) is 38.0 Å².